The summed E-state index contributed by atoms with van der Waals surface area (Å²) in [6, 6.07) is 9.90. The second kappa shape index (κ2) is 5.42. The monoisotopic (exact) mass is 246 g/mol. The van der Waals surface area contributed by atoms with E-state index in [9.17, 15) is 4.79 Å². The van der Waals surface area contributed by atoms with Crippen LogP contribution in [0.15, 0.2) is 30.3 Å². The second-order valence-corrected chi connectivity index (χ2v) is 3.85. The Morgan fingerprint density at radius 1 is 1.33 bits per heavy atom. The molecule has 2 aromatic rings. The quantitative estimate of drug-likeness (QED) is 0.809. The standard InChI is InChI=1S/C12H14N4O2/c13-8-10-11(12(17)18)14-15-16(10)7-6-9-4-2-1-3-5-9/h1-5H,6-8,13H2,(H,17,18). The number of carboxylic acids is 1. The first-order valence-electron chi connectivity index (χ1n) is 5.62. The van der Waals surface area contributed by atoms with E-state index in [0.29, 0.717) is 12.2 Å². The predicted molar refractivity (Wildman–Crippen MR) is 65.0 cm³/mol. The molecule has 0 saturated heterocycles. The van der Waals surface area contributed by atoms with Crippen molar-refractivity contribution in [2.75, 3.05) is 0 Å². The van der Waals surface area contributed by atoms with Gasteiger partial charge in [0.1, 0.15) is 0 Å². The topological polar surface area (TPSA) is 94.0 Å². The van der Waals surface area contributed by atoms with E-state index in [0.717, 1.165) is 12.0 Å². The number of aromatic carboxylic acids is 1. The molecule has 1 heterocycles. The molecule has 1 aromatic carbocycles. The van der Waals surface area contributed by atoms with Gasteiger partial charge in [-0.25, -0.2) is 9.48 Å². The van der Waals surface area contributed by atoms with E-state index < -0.39 is 5.97 Å². The zero-order chi connectivity index (χ0) is 13.0. The number of aromatic nitrogens is 3. The van der Waals surface area contributed by atoms with Gasteiger partial charge in [0, 0.05) is 13.1 Å². The molecule has 0 spiro atoms. The lowest BCUT2D eigenvalue weighted by molar-refractivity contribution is 0.0689. The number of nitrogens with zero attached hydrogens (tertiary/aromatic N) is 3. The SMILES string of the molecule is NCc1c(C(=O)O)nnn1CCc1ccccc1. The summed E-state index contributed by atoms with van der Waals surface area (Å²) in [6.07, 6.45) is 0.760. The zero-order valence-corrected chi connectivity index (χ0v) is 9.78. The van der Waals surface area contributed by atoms with Crippen molar-refractivity contribution in [3.8, 4) is 0 Å². The van der Waals surface area contributed by atoms with Gasteiger partial charge in [-0.3, -0.25) is 0 Å². The summed E-state index contributed by atoms with van der Waals surface area (Å²) >= 11 is 0. The van der Waals surface area contributed by atoms with E-state index >= 15 is 0 Å². The molecule has 0 atom stereocenters. The van der Waals surface area contributed by atoms with Crippen molar-refractivity contribution < 1.29 is 9.90 Å². The van der Waals surface area contributed by atoms with Gasteiger partial charge in [0.2, 0.25) is 0 Å². The molecular weight excluding hydrogens is 232 g/mol. The summed E-state index contributed by atoms with van der Waals surface area (Å²) in [5, 5.41) is 16.4. The van der Waals surface area contributed by atoms with Gasteiger partial charge in [0.15, 0.2) is 5.69 Å². The van der Waals surface area contributed by atoms with Gasteiger partial charge in [0.25, 0.3) is 0 Å². The number of carbonyl (C=O) groups is 1. The van der Waals surface area contributed by atoms with Crippen molar-refractivity contribution in [2.24, 2.45) is 5.73 Å². The van der Waals surface area contributed by atoms with Crippen LogP contribution in [0.2, 0.25) is 0 Å². The van der Waals surface area contributed by atoms with Crippen LogP contribution in [0.3, 0.4) is 0 Å². The van der Waals surface area contributed by atoms with Gasteiger partial charge in [-0.15, -0.1) is 5.10 Å². The van der Waals surface area contributed by atoms with Gasteiger partial charge in [-0.1, -0.05) is 35.5 Å². The first-order valence-corrected chi connectivity index (χ1v) is 5.62. The molecule has 6 heteroatoms. The van der Waals surface area contributed by atoms with Crippen molar-refractivity contribution in [2.45, 2.75) is 19.5 Å². The third-order valence-corrected chi connectivity index (χ3v) is 2.69. The van der Waals surface area contributed by atoms with E-state index in [-0.39, 0.29) is 12.2 Å². The van der Waals surface area contributed by atoms with Crippen LogP contribution in [-0.2, 0) is 19.5 Å². The normalized spacial score (nSPS) is 10.5. The minimum atomic E-state index is -1.10. The van der Waals surface area contributed by atoms with Crippen LogP contribution >= 0.6 is 0 Å². The van der Waals surface area contributed by atoms with Crippen molar-refractivity contribution >= 4 is 5.97 Å². The Labute approximate surface area is 104 Å². The van der Waals surface area contributed by atoms with E-state index in [1.807, 2.05) is 30.3 Å². The number of aryl methyl sites for hydroxylation is 2. The molecule has 6 nitrogen and oxygen atoms in total. The number of hydrogen-bond acceptors (Lipinski definition) is 4. The van der Waals surface area contributed by atoms with E-state index in [1.165, 1.54) is 0 Å². The molecule has 94 valence electrons. The second-order valence-electron chi connectivity index (χ2n) is 3.85. The zero-order valence-electron chi connectivity index (χ0n) is 9.78. The Morgan fingerprint density at radius 3 is 2.67 bits per heavy atom. The van der Waals surface area contributed by atoms with Crippen LogP contribution in [0.4, 0.5) is 0 Å². The summed E-state index contributed by atoms with van der Waals surface area (Å²) in [6.45, 7) is 0.681. The van der Waals surface area contributed by atoms with Crippen LogP contribution in [0.25, 0.3) is 0 Å². The van der Waals surface area contributed by atoms with Crippen LogP contribution in [-0.4, -0.2) is 26.1 Å². The Hall–Kier alpha value is -2.21. The highest BCUT2D eigenvalue weighted by Crippen LogP contribution is 2.07. The average molecular weight is 246 g/mol. The van der Waals surface area contributed by atoms with Gasteiger partial charge >= 0.3 is 5.97 Å². The number of hydrogen-bond donors (Lipinski definition) is 2. The third kappa shape index (κ3) is 2.54. The van der Waals surface area contributed by atoms with Crippen LogP contribution in [0, 0.1) is 0 Å². The van der Waals surface area contributed by atoms with Crippen molar-refractivity contribution in [3.63, 3.8) is 0 Å². The average Bonchev–Trinajstić information content (AvgIpc) is 2.80. The van der Waals surface area contributed by atoms with Gasteiger partial charge in [-0.2, -0.15) is 0 Å². The van der Waals surface area contributed by atoms with Crippen molar-refractivity contribution in [1.82, 2.24) is 15.0 Å². The molecule has 0 aliphatic carbocycles. The predicted octanol–water partition coefficient (Wildman–Crippen LogP) is 0.678. The van der Waals surface area contributed by atoms with E-state index in [4.69, 9.17) is 10.8 Å². The first-order chi connectivity index (χ1) is 8.72. The number of carboxylic acid groups (broad SMARTS) is 1. The summed E-state index contributed by atoms with van der Waals surface area (Å²) in [5.41, 5.74) is 7.09. The maximum Gasteiger partial charge on any atom is 0.358 e. The summed E-state index contributed by atoms with van der Waals surface area (Å²) in [4.78, 5) is 10.9. The Bertz CT molecular complexity index is 536. The smallest absolute Gasteiger partial charge is 0.358 e. The first kappa shape index (κ1) is 12.3. The lowest BCUT2D eigenvalue weighted by Gasteiger charge is -2.05. The maximum absolute atomic E-state index is 10.9. The fourth-order valence-corrected chi connectivity index (χ4v) is 1.76. The van der Waals surface area contributed by atoms with Crippen molar-refractivity contribution in [3.05, 3.63) is 47.3 Å². The molecule has 0 saturated carbocycles. The largest absolute Gasteiger partial charge is 0.476 e. The summed E-state index contributed by atoms with van der Waals surface area (Å²) < 4.78 is 1.55. The van der Waals surface area contributed by atoms with Gasteiger partial charge in [0.05, 0.1) is 5.69 Å². The molecule has 2 rings (SSSR count). The van der Waals surface area contributed by atoms with Crippen molar-refractivity contribution in [1.29, 1.82) is 0 Å². The molecule has 0 radical (unpaired) electrons. The molecule has 0 aliphatic rings. The fraction of sp³-hybridized carbons (Fsp3) is 0.250. The number of nitrogens with two attached hydrogens (primary N) is 1. The Kier molecular flexibility index (Phi) is 3.69. The highest BCUT2D eigenvalue weighted by Gasteiger charge is 2.17. The molecule has 0 aliphatic heterocycles. The minimum Gasteiger partial charge on any atom is -0.476 e. The molecular formula is C12H14N4O2. The van der Waals surface area contributed by atoms with E-state index in [2.05, 4.69) is 10.3 Å². The maximum atomic E-state index is 10.9. The minimum absolute atomic E-state index is 0.0643. The summed E-state index contributed by atoms with van der Waals surface area (Å²) in [5.74, 6) is -1.10. The molecule has 3 N–H and O–H groups in total. The lowest BCUT2D eigenvalue weighted by Crippen LogP contribution is -2.13. The third-order valence-electron chi connectivity index (χ3n) is 2.69. The highest BCUT2D eigenvalue weighted by atomic mass is 16.4. The molecule has 1 aromatic heterocycles. The Morgan fingerprint density at radius 2 is 2.06 bits per heavy atom. The van der Waals surface area contributed by atoms with Crippen LogP contribution in [0.5, 0.6) is 0 Å². The van der Waals surface area contributed by atoms with Crippen LogP contribution in [0.1, 0.15) is 21.7 Å². The molecule has 0 amide bonds. The van der Waals surface area contributed by atoms with Gasteiger partial charge < -0.3 is 10.8 Å². The molecule has 18 heavy (non-hydrogen) atoms. The summed E-state index contributed by atoms with van der Waals surface area (Å²) in [7, 11) is 0. The number of rotatable bonds is 5. The lowest BCUT2D eigenvalue weighted by atomic mass is 10.1. The molecule has 0 fully saturated rings. The van der Waals surface area contributed by atoms with E-state index in [1.54, 1.807) is 4.68 Å². The van der Waals surface area contributed by atoms with Crippen LogP contribution < -0.4 is 5.73 Å². The van der Waals surface area contributed by atoms with Gasteiger partial charge in [-0.05, 0) is 12.0 Å². The fourth-order valence-electron chi connectivity index (χ4n) is 1.76. The molecule has 0 unspecified atom stereocenters. The molecule has 0 bridgehead atoms. The highest BCUT2D eigenvalue weighted by molar-refractivity contribution is 5.86. The Balaban J connectivity index is 2.12. The number of benzene rings is 1.